The summed E-state index contributed by atoms with van der Waals surface area (Å²) in [6, 6.07) is 10.3. The van der Waals surface area contributed by atoms with Gasteiger partial charge >= 0.3 is 0 Å². The van der Waals surface area contributed by atoms with Crippen LogP contribution in [0.2, 0.25) is 0 Å². The van der Waals surface area contributed by atoms with Crippen LogP contribution in [0.15, 0.2) is 47.5 Å². The summed E-state index contributed by atoms with van der Waals surface area (Å²) >= 11 is 0. The third-order valence-electron chi connectivity index (χ3n) is 2.48. The minimum absolute atomic E-state index is 0.0347. The van der Waals surface area contributed by atoms with Gasteiger partial charge in [-0.15, -0.1) is 0 Å². The van der Waals surface area contributed by atoms with Crippen LogP contribution in [0.4, 0.5) is 10.2 Å². The lowest BCUT2D eigenvalue weighted by atomic mass is 10.2. The summed E-state index contributed by atoms with van der Waals surface area (Å²) in [6.45, 7) is 0. The van der Waals surface area contributed by atoms with E-state index in [-0.39, 0.29) is 17.1 Å². The van der Waals surface area contributed by atoms with Crippen molar-refractivity contribution in [3.63, 3.8) is 0 Å². The predicted octanol–water partition coefficient (Wildman–Crippen LogP) is 2.09. The average molecular weight is 291 g/mol. The number of hydrogen-bond acceptors (Lipinski definition) is 4. The summed E-state index contributed by atoms with van der Waals surface area (Å²) in [4.78, 5) is 3.67. The van der Waals surface area contributed by atoms with Gasteiger partial charge in [0.25, 0.3) is 10.0 Å². The first-order chi connectivity index (χ1) is 9.51. The van der Waals surface area contributed by atoms with E-state index in [1.54, 1.807) is 12.1 Å². The van der Waals surface area contributed by atoms with E-state index >= 15 is 0 Å². The largest absolute Gasteiger partial charge is 0.263 e. The highest BCUT2D eigenvalue weighted by molar-refractivity contribution is 7.92. The molecule has 0 unspecified atom stereocenters. The lowest BCUT2D eigenvalue weighted by molar-refractivity contribution is 0.600. The molecular weight excluding hydrogens is 281 g/mol. The topological polar surface area (TPSA) is 82.8 Å². The summed E-state index contributed by atoms with van der Waals surface area (Å²) in [5.41, 5.74) is 0.728. The molecule has 0 aliphatic heterocycles. The van der Waals surface area contributed by atoms with Crippen LogP contribution in [0.5, 0.6) is 0 Å². The van der Waals surface area contributed by atoms with E-state index in [1.165, 1.54) is 18.2 Å². The van der Waals surface area contributed by atoms with Crippen LogP contribution in [-0.2, 0) is 16.4 Å². The molecule has 1 aromatic heterocycles. The molecule has 0 saturated carbocycles. The fourth-order valence-corrected chi connectivity index (χ4v) is 2.52. The molecule has 0 bridgehead atoms. The number of aromatic nitrogens is 1. The number of nitriles is 1. The van der Waals surface area contributed by atoms with E-state index in [4.69, 9.17) is 5.26 Å². The van der Waals surface area contributed by atoms with Crippen molar-refractivity contribution < 1.29 is 12.8 Å². The zero-order valence-electron chi connectivity index (χ0n) is 10.2. The van der Waals surface area contributed by atoms with Crippen LogP contribution in [0, 0.1) is 17.1 Å². The number of anilines is 1. The molecule has 102 valence electrons. The van der Waals surface area contributed by atoms with Crippen molar-refractivity contribution in [2.75, 3.05) is 4.72 Å². The van der Waals surface area contributed by atoms with Gasteiger partial charge in [-0.2, -0.15) is 5.26 Å². The van der Waals surface area contributed by atoms with Crippen LogP contribution in [-0.4, -0.2) is 13.4 Å². The number of hydrogen-bond donors (Lipinski definition) is 1. The Hall–Kier alpha value is -2.46. The number of rotatable bonds is 4. The summed E-state index contributed by atoms with van der Waals surface area (Å²) in [6.07, 6.45) is 1.14. The molecule has 2 rings (SSSR count). The highest BCUT2D eigenvalue weighted by atomic mass is 32.2. The third-order valence-corrected chi connectivity index (χ3v) is 3.85. The van der Waals surface area contributed by atoms with Crippen LogP contribution in [0.3, 0.4) is 0 Å². The quantitative estimate of drug-likeness (QED) is 0.935. The van der Waals surface area contributed by atoms with Gasteiger partial charge in [-0.1, -0.05) is 12.1 Å². The van der Waals surface area contributed by atoms with Crippen molar-refractivity contribution >= 4 is 15.8 Å². The van der Waals surface area contributed by atoms with Crippen LogP contribution < -0.4 is 4.72 Å². The normalized spacial score (nSPS) is 10.8. The molecule has 2 aromatic rings. The molecule has 1 N–H and O–H groups in total. The van der Waals surface area contributed by atoms with Crippen molar-refractivity contribution in [2.45, 2.75) is 11.3 Å². The zero-order valence-corrected chi connectivity index (χ0v) is 11.1. The van der Waals surface area contributed by atoms with Crippen molar-refractivity contribution in [1.82, 2.24) is 4.98 Å². The molecule has 0 aliphatic rings. The highest BCUT2D eigenvalue weighted by Crippen LogP contribution is 2.15. The molecule has 1 heterocycles. The Morgan fingerprint density at radius 2 is 1.90 bits per heavy atom. The van der Waals surface area contributed by atoms with Crippen molar-refractivity contribution in [3.8, 4) is 6.07 Å². The Balaban J connectivity index is 2.22. The smallest absolute Gasteiger partial charge is 0.263 e. The minimum atomic E-state index is -3.78. The summed E-state index contributed by atoms with van der Waals surface area (Å²) in [5.74, 6) is -0.513. The molecule has 5 nitrogen and oxygen atoms in total. The van der Waals surface area contributed by atoms with E-state index in [1.807, 2.05) is 6.07 Å². The molecule has 0 radical (unpaired) electrons. The molecule has 7 heteroatoms. The standard InChI is InChI=1S/C13H10FN3O2S/c14-11-3-6-13(16-9-11)17-20(18,19)12-4-1-10(2-5-12)7-8-15/h1-6,9H,7H2,(H,16,17). The number of halogens is 1. The van der Waals surface area contributed by atoms with Gasteiger partial charge in [0.2, 0.25) is 0 Å². The first kappa shape index (κ1) is 14.0. The number of nitrogens with zero attached hydrogens (tertiary/aromatic N) is 2. The van der Waals surface area contributed by atoms with Crippen LogP contribution >= 0.6 is 0 Å². The Morgan fingerprint density at radius 1 is 1.20 bits per heavy atom. The molecular formula is C13H10FN3O2S. The molecule has 0 fully saturated rings. The van der Waals surface area contributed by atoms with Gasteiger partial charge in [0.05, 0.1) is 23.6 Å². The Morgan fingerprint density at radius 3 is 2.45 bits per heavy atom. The maximum Gasteiger partial charge on any atom is 0.263 e. The third kappa shape index (κ3) is 3.30. The van der Waals surface area contributed by atoms with E-state index in [9.17, 15) is 12.8 Å². The van der Waals surface area contributed by atoms with E-state index in [2.05, 4.69) is 9.71 Å². The predicted molar refractivity (Wildman–Crippen MR) is 70.8 cm³/mol. The average Bonchev–Trinajstić information content (AvgIpc) is 2.42. The summed E-state index contributed by atoms with van der Waals surface area (Å²) in [7, 11) is -3.78. The second-order valence-corrected chi connectivity index (χ2v) is 5.63. The zero-order chi connectivity index (χ0) is 14.6. The second kappa shape index (κ2) is 5.67. The van der Waals surface area contributed by atoms with Gasteiger partial charge in [0.15, 0.2) is 0 Å². The van der Waals surface area contributed by atoms with Gasteiger partial charge in [-0.3, -0.25) is 4.72 Å². The lowest BCUT2D eigenvalue weighted by Gasteiger charge is -2.07. The van der Waals surface area contributed by atoms with Crippen LogP contribution in [0.25, 0.3) is 0 Å². The lowest BCUT2D eigenvalue weighted by Crippen LogP contribution is -2.13. The number of benzene rings is 1. The number of pyridine rings is 1. The van der Waals surface area contributed by atoms with Gasteiger partial charge in [-0.05, 0) is 29.8 Å². The molecule has 1 aromatic carbocycles. The Bertz CT molecular complexity index is 735. The molecule has 20 heavy (non-hydrogen) atoms. The van der Waals surface area contributed by atoms with E-state index < -0.39 is 15.8 Å². The first-order valence-corrected chi connectivity index (χ1v) is 7.10. The maximum atomic E-state index is 12.7. The Labute approximate surface area is 115 Å². The van der Waals surface area contributed by atoms with Gasteiger partial charge in [0.1, 0.15) is 11.6 Å². The molecule has 0 aliphatic carbocycles. The molecule has 0 atom stereocenters. The number of nitrogens with one attached hydrogen (secondary N) is 1. The second-order valence-electron chi connectivity index (χ2n) is 3.95. The van der Waals surface area contributed by atoms with E-state index in [0.29, 0.717) is 0 Å². The molecule has 0 amide bonds. The Kier molecular flexibility index (Phi) is 3.96. The SMILES string of the molecule is N#CCc1ccc(S(=O)(=O)Nc2ccc(F)cn2)cc1. The summed E-state index contributed by atoms with van der Waals surface area (Å²) < 4.78 is 39.0. The fourth-order valence-electron chi connectivity index (χ4n) is 1.51. The van der Waals surface area contributed by atoms with Gasteiger partial charge in [0, 0.05) is 0 Å². The highest BCUT2D eigenvalue weighted by Gasteiger charge is 2.14. The maximum absolute atomic E-state index is 12.7. The molecule has 0 saturated heterocycles. The summed E-state index contributed by atoms with van der Waals surface area (Å²) in [5, 5.41) is 8.55. The van der Waals surface area contributed by atoms with E-state index in [0.717, 1.165) is 17.8 Å². The van der Waals surface area contributed by atoms with Crippen molar-refractivity contribution in [1.29, 1.82) is 5.26 Å². The van der Waals surface area contributed by atoms with Gasteiger partial charge < -0.3 is 0 Å². The van der Waals surface area contributed by atoms with Crippen molar-refractivity contribution in [3.05, 3.63) is 54.0 Å². The first-order valence-electron chi connectivity index (χ1n) is 5.61. The van der Waals surface area contributed by atoms with Crippen molar-refractivity contribution in [2.24, 2.45) is 0 Å². The number of sulfonamides is 1. The fraction of sp³-hybridized carbons (Fsp3) is 0.0769. The molecule has 0 spiro atoms. The minimum Gasteiger partial charge on any atom is -0.263 e. The van der Waals surface area contributed by atoms with Gasteiger partial charge in [-0.25, -0.2) is 17.8 Å². The van der Waals surface area contributed by atoms with Crippen LogP contribution in [0.1, 0.15) is 5.56 Å². The monoisotopic (exact) mass is 291 g/mol.